The summed E-state index contributed by atoms with van der Waals surface area (Å²) in [6, 6.07) is 45.1. The number of hydrogen-bond acceptors (Lipinski definition) is 5. The maximum atomic E-state index is 4.98. The Kier molecular flexibility index (Phi) is 7.04. The van der Waals surface area contributed by atoms with E-state index < -0.39 is 0 Å². The first kappa shape index (κ1) is 26.1. The van der Waals surface area contributed by atoms with Crippen molar-refractivity contribution in [1.82, 2.24) is 24.9 Å². The summed E-state index contributed by atoms with van der Waals surface area (Å²) in [7, 11) is 0. The maximum absolute atomic E-state index is 4.98. The Bertz CT molecular complexity index is 1900. The van der Waals surface area contributed by atoms with Gasteiger partial charge in [-0.05, 0) is 54.4 Å². The van der Waals surface area contributed by atoms with Crippen molar-refractivity contribution in [3.8, 4) is 67.8 Å². The molecule has 0 bridgehead atoms. The molecule has 0 spiro atoms. The van der Waals surface area contributed by atoms with E-state index in [-0.39, 0.29) is 0 Å². The molecular weight excluding hydrogens is 526 g/mol. The zero-order valence-corrected chi connectivity index (χ0v) is 23.6. The smallest absolute Gasteiger partial charge is 0.164 e. The third-order valence-electron chi connectivity index (χ3n) is 7.33. The topological polar surface area (TPSA) is 64.5 Å². The number of aryl methyl sites for hydroxylation is 1. The Morgan fingerprint density at radius 3 is 1.23 bits per heavy atom. The van der Waals surface area contributed by atoms with E-state index >= 15 is 0 Å². The molecule has 0 radical (unpaired) electrons. The summed E-state index contributed by atoms with van der Waals surface area (Å²) >= 11 is 0. The summed E-state index contributed by atoms with van der Waals surface area (Å²) < 4.78 is 0. The van der Waals surface area contributed by atoms with Gasteiger partial charge in [0.2, 0.25) is 0 Å². The molecule has 0 saturated carbocycles. The third-order valence-corrected chi connectivity index (χ3v) is 7.33. The van der Waals surface area contributed by atoms with Gasteiger partial charge >= 0.3 is 0 Å². The lowest BCUT2D eigenvalue weighted by atomic mass is 10.0. The van der Waals surface area contributed by atoms with Crippen LogP contribution < -0.4 is 0 Å². The molecule has 5 nitrogen and oxygen atoms in total. The van der Waals surface area contributed by atoms with E-state index in [2.05, 4.69) is 89.7 Å². The van der Waals surface area contributed by atoms with Crippen molar-refractivity contribution in [2.24, 2.45) is 0 Å². The van der Waals surface area contributed by atoms with Gasteiger partial charge in [0.25, 0.3) is 0 Å². The van der Waals surface area contributed by atoms with Crippen LogP contribution in [0.2, 0.25) is 0 Å². The number of nitrogens with zero attached hydrogens (tertiary/aromatic N) is 5. The van der Waals surface area contributed by atoms with Gasteiger partial charge in [-0.1, -0.05) is 103 Å². The van der Waals surface area contributed by atoms with Crippen molar-refractivity contribution in [3.05, 3.63) is 151 Å². The van der Waals surface area contributed by atoms with Crippen LogP contribution in [-0.4, -0.2) is 24.9 Å². The van der Waals surface area contributed by atoms with Gasteiger partial charge in [-0.2, -0.15) is 0 Å². The average molecular weight is 554 g/mol. The first-order valence-electron chi connectivity index (χ1n) is 14.2. The SMILES string of the molecule is Cc1ccc(-c2ccc(-c3nc(-c4cccc(-c5ccccn5)c4)nc(-c4cccc(-c5ccccn5)c4)n3)cc2)cc1. The second-order valence-electron chi connectivity index (χ2n) is 10.3. The summed E-state index contributed by atoms with van der Waals surface area (Å²) in [6.07, 6.45) is 3.60. The minimum Gasteiger partial charge on any atom is -0.256 e. The molecule has 0 aliphatic heterocycles. The van der Waals surface area contributed by atoms with Crippen LogP contribution in [0.5, 0.6) is 0 Å². The van der Waals surface area contributed by atoms with Crippen LogP contribution >= 0.6 is 0 Å². The highest BCUT2D eigenvalue weighted by atomic mass is 15.0. The average Bonchev–Trinajstić information content (AvgIpc) is 3.09. The van der Waals surface area contributed by atoms with E-state index in [4.69, 9.17) is 15.0 Å². The monoisotopic (exact) mass is 553 g/mol. The van der Waals surface area contributed by atoms with Gasteiger partial charge in [-0.15, -0.1) is 0 Å². The lowest BCUT2D eigenvalue weighted by Gasteiger charge is -2.11. The highest BCUT2D eigenvalue weighted by Crippen LogP contribution is 2.30. The molecule has 0 fully saturated rings. The van der Waals surface area contributed by atoms with Gasteiger partial charge in [-0.25, -0.2) is 15.0 Å². The molecule has 204 valence electrons. The predicted octanol–water partition coefficient (Wildman–Crippen LogP) is 8.97. The third kappa shape index (κ3) is 5.69. The quantitative estimate of drug-likeness (QED) is 0.206. The molecule has 0 aliphatic carbocycles. The van der Waals surface area contributed by atoms with Crippen molar-refractivity contribution in [1.29, 1.82) is 0 Å². The van der Waals surface area contributed by atoms with Crippen LogP contribution in [0.4, 0.5) is 0 Å². The van der Waals surface area contributed by atoms with Crippen molar-refractivity contribution in [2.75, 3.05) is 0 Å². The summed E-state index contributed by atoms with van der Waals surface area (Å²) in [5.41, 5.74) is 10.1. The van der Waals surface area contributed by atoms with Crippen molar-refractivity contribution in [3.63, 3.8) is 0 Å². The zero-order chi connectivity index (χ0) is 29.0. The lowest BCUT2D eigenvalue weighted by Crippen LogP contribution is -2.00. The van der Waals surface area contributed by atoms with Crippen LogP contribution in [-0.2, 0) is 0 Å². The molecule has 0 saturated heterocycles. The van der Waals surface area contributed by atoms with Gasteiger partial charge in [0.15, 0.2) is 17.5 Å². The molecule has 4 aromatic carbocycles. The van der Waals surface area contributed by atoms with Gasteiger partial charge in [0, 0.05) is 40.2 Å². The second kappa shape index (κ2) is 11.6. The molecular formula is C38H27N5. The zero-order valence-electron chi connectivity index (χ0n) is 23.6. The molecule has 3 aromatic heterocycles. The number of benzene rings is 4. The molecule has 0 aliphatic rings. The molecule has 5 heteroatoms. The Morgan fingerprint density at radius 2 is 0.767 bits per heavy atom. The van der Waals surface area contributed by atoms with E-state index in [1.165, 1.54) is 11.1 Å². The Balaban J connectivity index is 1.34. The molecule has 0 atom stereocenters. The normalized spacial score (nSPS) is 10.9. The molecule has 0 unspecified atom stereocenters. The first-order valence-corrected chi connectivity index (χ1v) is 14.2. The molecule has 43 heavy (non-hydrogen) atoms. The van der Waals surface area contributed by atoms with Crippen LogP contribution in [0.3, 0.4) is 0 Å². The number of rotatable bonds is 6. The summed E-state index contributed by atoms with van der Waals surface area (Å²) in [5, 5.41) is 0. The van der Waals surface area contributed by atoms with Crippen LogP contribution in [0.1, 0.15) is 5.56 Å². The Labute approximate surface area is 250 Å². The standard InChI is InChI=1S/C38H27N5/c1-26-14-16-27(17-15-26)28-18-20-29(21-19-28)36-41-37(32-10-6-8-30(24-32)34-12-2-4-22-39-34)43-38(42-36)33-11-7-9-31(25-33)35-13-3-5-23-40-35/h2-25H,1H3. The van der Waals surface area contributed by atoms with Crippen molar-refractivity contribution < 1.29 is 0 Å². The van der Waals surface area contributed by atoms with Gasteiger partial charge in [0.1, 0.15) is 0 Å². The Hall–Kier alpha value is -5.81. The molecule has 0 amide bonds. The van der Waals surface area contributed by atoms with E-state index in [9.17, 15) is 0 Å². The fourth-order valence-electron chi connectivity index (χ4n) is 5.02. The fourth-order valence-corrected chi connectivity index (χ4v) is 5.02. The highest BCUT2D eigenvalue weighted by Gasteiger charge is 2.14. The van der Waals surface area contributed by atoms with Gasteiger partial charge < -0.3 is 0 Å². The molecule has 0 N–H and O–H groups in total. The number of aromatic nitrogens is 5. The van der Waals surface area contributed by atoms with Crippen molar-refractivity contribution in [2.45, 2.75) is 6.92 Å². The number of hydrogen-bond donors (Lipinski definition) is 0. The maximum Gasteiger partial charge on any atom is 0.164 e. The van der Waals surface area contributed by atoms with Crippen LogP contribution in [0.25, 0.3) is 67.8 Å². The van der Waals surface area contributed by atoms with E-state index in [1.807, 2.05) is 60.7 Å². The minimum absolute atomic E-state index is 0.601. The molecule has 3 heterocycles. The van der Waals surface area contributed by atoms with Crippen molar-refractivity contribution >= 4 is 0 Å². The minimum atomic E-state index is 0.601. The predicted molar refractivity (Wildman–Crippen MR) is 173 cm³/mol. The van der Waals surface area contributed by atoms with E-state index in [0.29, 0.717) is 17.5 Å². The summed E-state index contributed by atoms with van der Waals surface area (Å²) in [4.78, 5) is 24.0. The van der Waals surface area contributed by atoms with E-state index in [1.54, 1.807) is 12.4 Å². The summed E-state index contributed by atoms with van der Waals surface area (Å²) in [5.74, 6) is 1.81. The van der Waals surface area contributed by atoms with Gasteiger partial charge in [-0.3, -0.25) is 9.97 Å². The van der Waals surface area contributed by atoms with Crippen LogP contribution in [0, 0.1) is 6.92 Å². The summed E-state index contributed by atoms with van der Waals surface area (Å²) in [6.45, 7) is 2.10. The second-order valence-corrected chi connectivity index (χ2v) is 10.3. The molecule has 7 rings (SSSR count). The first-order chi connectivity index (χ1) is 21.2. The van der Waals surface area contributed by atoms with E-state index in [0.717, 1.165) is 44.8 Å². The highest BCUT2D eigenvalue weighted by molar-refractivity contribution is 5.74. The lowest BCUT2D eigenvalue weighted by molar-refractivity contribution is 1.07. The Morgan fingerprint density at radius 1 is 0.349 bits per heavy atom. The number of pyridine rings is 2. The van der Waals surface area contributed by atoms with Gasteiger partial charge in [0.05, 0.1) is 11.4 Å². The molecule has 7 aromatic rings. The largest absolute Gasteiger partial charge is 0.256 e. The van der Waals surface area contributed by atoms with Crippen LogP contribution in [0.15, 0.2) is 146 Å². The fraction of sp³-hybridized carbons (Fsp3) is 0.0263.